The van der Waals surface area contributed by atoms with Gasteiger partial charge in [-0.3, -0.25) is 4.79 Å². The van der Waals surface area contributed by atoms with Crippen molar-refractivity contribution in [2.75, 3.05) is 26.9 Å². The molecule has 0 aliphatic carbocycles. The first-order valence-electron chi connectivity index (χ1n) is 6.00. The average molecular weight is 284 g/mol. The highest BCUT2D eigenvalue weighted by molar-refractivity contribution is 7.90. The zero-order chi connectivity index (χ0) is 14.5. The lowest BCUT2D eigenvalue weighted by Crippen LogP contribution is -2.26. The van der Waals surface area contributed by atoms with Crippen molar-refractivity contribution in [3.05, 3.63) is 29.8 Å². The Bertz CT molecular complexity index is 521. The van der Waals surface area contributed by atoms with E-state index >= 15 is 0 Å². The summed E-state index contributed by atoms with van der Waals surface area (Å²) in [5.41, 5.74) is 0.990. The number of nitrogens with one attached hydrogen (secondary N) is 1. The molecule has 1 aromatic carbocycles. The minimum atomic E-state index is -3.14. The number of nitrogens with zero attached hydrogens (tertiary/aromatic N) is 1. The molecule has 0 fully saturated rings. The van der Waals surface area contributed by atoms with E-state index in [9.17, 15) is 13.2 Å². The van der Waals surface area contributed by atoms with Crippen LogP contribution in [-0.2, 0) is 21.2 Å². The Labute approximate surface area is 114 Å². The highest BCUT2D eigenvalue weighted by Crippen LogP contribution is 2.10. The number of hydrogen-bond donors (Lipinski definition) is 1. The molecule has 0 atom stereocenters. The number of rotatable bonds is 6. The van der Waals surface area contributed by atoms with Crippen LogP contribution in [0, 0.1) is 0 Å². The first-order valence-corrected chi connectivity index (χ1v) is 7.89. The van der Waals surface area contributed by atoms with Gasteiger partial charge in [0.05, 0.1) is 4.90 Å². The summed E-state index contributed by atoms with van der Waals surface area (Å²) in [6.45, 7) is 1.22. The highest BCUT2D eigenvalue weighted by Gasteiger charge is 2.06. The number of amides is 1. The summed E-state index contributed by atoms with van der Waals surface area (Å²) in [6.07, 6.45) is 1.64. The average Bonchev–Trinajstić information content (AvgIpc) is 2.33. The lowest BCUT2D eigenvalue weighted by atomic mass is 10.2. The maximum absolute atomic E-state index is 11.3. The van der Waals surface area contributed by atoms with E-state index in [-0.39, 0.29) is 5.91 Å². The summed E-state index contributed by atoms with van der Waals surface area (Å²) in [5.74, 6) is 0.0833. The van der Waals surface area contributed by atoms with Crippen LogP contribution in [0.2, 0.25) is 0 Å². The van der Waals surface area contributed by atoms with Crippen molar-refractivity contribution in [1.29, 1.82) is 0 Å². The molecule has 0 unspecified atom stereocenters. The van der Waals surface area contributed by atoms with Crippen LogP contribution in [0.1, 0.15) is 12.0 Å². The Hall–Kier alpha value is -1.40. The van der Waals surface area contributed by atoms with Gasteiger partial charge in [0.25, 0.3) is 0 Å². The minimum absolute atomic E-state index is 0.0833. The monoisotopic (exact) mass is 284 g/mol. The van der Waals surface area contributed by atoms with Crippen LogP contribution in [0.25, 0.3) is 0 Å². The second-order valence-corrected chi connectivity index (χ2v) is 6.65. The minimum Gasteiger partial charge on any atom is -0.349 e. The Kier molecular flexibility index (Phi) is 5.50. The number of benzene rings is 1. The lowest BCUT2D eigenvalue weighted by molar-refractivity contribution is -0.128. The summed E-state index contributed by atoms with van der Waals surface area (Å²) in [7, 11) is 0.321. The number of sulfone groups is 1. The topological polar surface area (TPSA) is 66.5 Å². The van der Waals surface area contributed by atoms with E-state index in [2.05, 4.69) is 5.32 Å². The third-order valence-corrected chi connectivity index (χ3v) is 3.82. The van der Waals surface area contributed by atoms with Gasteiger partial charge in [-0.2, -0.15) is 0 Å². The van der Waals surface area contributed by atoms with E-state index in [0.717, 1.165) is 5.56 Å². The molecule has 19 heavy (non-hydrogen) atoms. The normalized spacial score (nSPS) is 11.3. The summed E-state index contributed by atoms with van der Waals surface area (Å²) < 4.78 is 22.6. The fourth-order valence-corrected chi connectivity index (χ4v) is 2.14. The van der Waals surface area contributed by atoms with Gasteiger partial charge < -0.3 is 10.2 Å². The van der Waals surface area contributed by atoms with Crippen molar-refractivity contribution < 1.29 is 13.2 Å². The van der Waals surface area contributed by atoms with Crippen LogP contribution in [0.15, 0.2) is 29.2 Å². The van der Waals surface area contributed by atoms with Crippen molar-refractivity contribution in [2.24, 2.45) is 0 Å². The van der Waals surface area contributed by atoms with Gasteiger partial charge in [0, 0.05) is 39.9 Å². The van der Waals surface area contributed by atoms with E-state index in [4.69, 9.17) is 0 Å². The van der Waals surface area contributed by atoms with Gasteiger partial charge in [0.1, 0.15) is 0 Å². The summed E-state index contributed by atoms with van der Waals surface area (Å²) >= 11 is 0. The summed E-state index contributed by atoms with van der Waals surface area (Å²) in [6, 6.07) is 6.74. The maximum Gasteiger partial charge on any atom is 0.223 e. The molecule has 1 rings (SSSR count). The zero-order valence-corrected chi connectivity index (χ0v) is 12.3. The molecule has 6 heteroatoms. The van der Waals surface area contributed by atoms with Crippen LogP contribution in [0.3, 0.4) is 0 Å². The molecule has 0 heterocycles. The molecule has 5 nitrogen and oxygen atoms in total. The third-order valence-electron chi connectivity index (χ3n) is 2.70. The second-order valence-electron chi connectivity index (χ2n) is 4.63. The van der Waals surface area contributed by atoms with Crippen molar-refractivity contribution in [3.63, 3.8) is 0 Å². The molecule has 0 bridgehead atoms. The molecule has 0 radical (unpaired) electrons. The molecule has 1 aromatic rings. The molecule has 0 aromatic heterocycles. The third kappa shape index (κ3) is 5.40. The highest BCUT2D eigenvalue weighted by atomic mass is 32.2. The van der Waals surface area contributed by atoms with Crippen molar-refractivity contribution in [3.8, 4) is 0 Å². The van der Waals surface area contributed by atoms with Crippen LogP contribution >= 0.6 is 0 Å². The van der Waals surface area contributed by atoms with Crippen molar-refractivity contribution >= 4 is 15.7 Å². The molecule has 0 spiro atoms. The van der Waals surface area contributed by atoms with Gasteiger partial charge >= 0.3 is 0 Å². The van der Waals surface area contributed by atoms with Gasteiger partial charge in [-0.05, 0) is 17.7 Å². The number of carbonyl (C=O) groups excluding carboxylic acids is 1. The number of hydrogen-bond acceptors (Lipinski definition) is 4. The molecule has 1 amide bonds. The van der Waals surface area contributed by atoms with Crippen LogP contribution < -0.4 is 5.32 Å². The Morgan fingerprint density at radius 2 is 1.79 bits per heavy atom. The summed E-state index contributed by atoms with van der Waals surface area (Å²) in [4.78, 5) is 13.2. The Morgan fingerprint density at radius 1 is 1.21 bits per heavy atom. The van der Waals surface area contributed by atoms with E-state index in [1.54, 1.807) is 43.3 Å². The smallest absolute Gasteiger partial charge is 0.223 e. The van der Waals surface area contributed by atoms with Gasteiger partial charge in [0.2, 0.25) is 5.91 Å². The van der Waals surface area contributed by atoms with Crippen LogP contribution in [0.4, 0.5) is 0 Å². The Balaban J connectivity index is 2.41. The molecule has 1 N–H and O–H groups in total. The van der Waals surface area contributed by atoms with Crippen LogP contribution in [-0.4, -0.2) is 46.1 Å². The molecule has 106 valence electrons. The molecule has 0 aliphatic rings. The van der Waals surface area contributed by atoms with Crippen molar-refractivity contribution in [2.45, 2.75) is 17.9 Å². The number of carbonyl (C=O) groups is 1. The standard InChI is InChI=1S/C13H20N2O3S/c1-15(2)13(16)8-9-14-10-11-4-6-12(7-5-11)19(3,17)18/h4-7,14H,8-10H2,1-3H3. The zero-order valence-electron chi connectivity index (χ0n) is 11.5. The van der Waals surface area contributed by atoms with Gasteiger partial charge in [-0.1, -0.05) is 12.1 Å². The van der Waals surface area contributed by atoms with E-state index in [1.807, 2.05) is 0 Å². The predicted octanol–water partition coefficient (Wildman–Crippen LogP) is 0.658. The molecule has 0 saturated carbocycles. The van der Waals surface area contributed by atoms with E-state index in [1.165, 1.54) is 6.26 Å². The molecular weight excluding hydrogens is 264 g/mol. The molecule has 0 saturated heterocycles. The lowest BCUT2D eigenvalue weighted by Gasteiger charge is -2.10. The maximum atomic E-state index is 11.3. The van der Waals surface area contributed by atoms with Gasteiger partial charge in [-0.15, -0.1) is 0 Å². The predicted molar refractivity (Wildman–Crippen MR) is 74.6 cm³/mol. The quantitative estimate of drug-likeness (QED) is 0.779. The van der Waals surface area contributed by atoms with Crippen LogP contribution in [0.5, 0.6) is 0 Å². The fourth-order valence-electron chi connectivity index (χ4n) is 1.51. The van der Waals surface area contributed by atoms with E-state index in [0.29, 0.717) is 24.4 Å². The summed E-state index contributed by atoms with van der Waals surface area (Å²) in [5, 5.41) is 3.15. The van der Waals surface area contributed by atoms with E-state index < -0.39 is 9.84 Å². The molecule has 0 aliphatic heterocycles. The Morgan fingerprint density at radius 3 is 2.26 bits per heavy atom. The largest absolute Gasteiger partial charge is 0.349 e. The first-order chi connectivity index (χ1) is 8.80. The first kappa shape index (κ1) is 15.7. The fraction of sp³-hybridized carbons (Fsp3) is 0.462. The van der Waals surface area contributed by atoms with Crippen molar-refractivity contribution in [1.82, 2.24) is 10.2 Å². The second kappa shape index (κ2) is 6.68. The van der Waals surface area contributed by atoms with Gasteiger partial charge in [0.15, 0.2) is 9.84 Å². The van der Waals surface area contributed by atoms with Gasteiger partial charge in [-0.25, -0.2) is 8.42 Å². The SMILES string of the molecule is CN(C)C(=O)CCNCc1ccc(S(C)(=O)=O)cc1. The molecular formula is C13H20N2O3S.